The van der Waals surface area contributed by atoms with Gasteiger partial charge in [-0.05, 0) is 114 Å². The molecule has 0 saturated carbocycles. The predicted octanol–water partition coefficient (Wildman–Crippen LogP) is 16.0. The highest BCUT2D eigenvalue weighted by molar-refractivity contribution is 7.26. The van der Waals surface area contributed by atoms with Gasteiger partial charge < -0.3 is 4.90 Å². The van der Waals surface area contributed by atoms with Crippen LogP contribution in [0.25, 0.3) is 85.9 Å². The Kier molecular flexibility index (Phi) is 7.75. The second kappa shape index (κ2) is 13.4. The van der Waals surface area contributed by atoms with Gasteiger partial charge in [0.25, 0.3) is 0 Å². The van der Waals surface area contributed by atoms with Gasteiger partial charge in [-0.25, -0.2) is 0 Å². The van der Waals surface area contributed by atoms with E-state index in [1.807, 2.05) is 11.3 Å². The molecular weight excluding hydrogens is 695 g/mol. The zero-order valence-corrected chi connectivity index (χ0v) is 31.4. The fourth-order valence-corrected chi connectivity index (χ4v) is 9.74. The van der Waals surface area contributed by atoms with E-state index in [4.69, 9.17) is 0 Å². The first-order chi connectivity index (χ1) is 27.7. The molecule has 262 valence electrons. The SMILES string of the molecule is c1cc(-c2ccc(N(c3ccc(-c4cccc5c4sc4ccccc45)cc3)c3ccc4c(ccc5ccccc54)c3)cc2)cc(-c2cccc3ccccc23)c1. The lowest BCUT2D eigenvalue weighted by atomic mass is 9.95. The monoisotopic (exact) mass is 729 g/mol. The zero-order valence-electron chi connectivity index (χ0n) is 30.6. The van der Waals surface area contributed by atoms with Gasteiger partial charge in [0.15, 0.2) is 0 Å². The standard InChI is InChI=1S/C54H35NS/c1-3-15-46-37(10-1)12-8-18-48(46)41-14-7-13-40(34-41)36-24-28-43(29-25-36)55(45-32-33-49-42(35-45)23-22-38-11-2-4-16-47(38)49)44-30-26-39(27-31-44)50-19-9-20-52-51-17-5-6-21-53(51)56-54(50)52/h1-35H. The molecule has 56 heavy (non-hydrogen) atoms. The Morgan fingerprint density at radius 1 is 0.286 bits per heavy atom. The number of rotatable bonds is 6. The van der Waals surface area contributed by atoms with Crippen molar-refractivity contribution in [2.24, 2.45) is 0 Å². The van der Waals surface area contributed by atoms with E-state index in [1.165, 1.54) is 85.9 Å². The summed E-state index contributed by atoms with van der Waals surface area (Å²) in [5.74, 6) is 0. The molecule has 1 heterocycles. The van der Waals surface area contributed by atoms with E-state index in [0.717, 1.165) is 17.1 Å². The number of benzene rings is 10. The van der Waals surface area contributed by atoms with Crippen molar-refractivity contribution < 1.29 is 0 Å². The van der Waals surface area contributed by atoms with Crippen molar-refractivity contribution in [3.8, 4) is 33.4 Å². The van der Waals surface area contributed by atoms with E-state index in [-0.39, 0.29) is 0 Å². The van der Waals surface area contributed by atoms with Gasteiger partial charge in [0, 0.05) is 37.2 Å². The largest absolute Gasteiger partial charge is 0.310 e. The minimum absolute atomic E-state index is 1.11. The first-order valence-corrected chi connectivity index (χ1v) is 20.0. The maximum absolute atomic E-state index is 2.38. The van der Waals surface area contributed by atoms with Gasteiger partial charge in [0.2, 0.25) is 0 Å². The Labute approximate surface area is 330 Å². The van der Waals surface area contributed by atoms with Crippen LogP contribution < -0.4 is 4.90 Å². The number of thiophene rings is 1. The fraction of sp³-hybridized carbons (Fsp3) is 0. The van der Waals surface area contributed by atoms with Crippen LogP contribution in [0.1, 0.15) is 0 Å². The van der Waals surface area contributed by atoms with Crippen LogP contribution in [0.2, 0.25) is 0 Å². The number of nitrogens with zero attached hydrogens (tertiary/aromatic N) is 1. The summed E-state index contributed by atoms with van der Waals surface area (Å²) in [5.41, 5.74) is 10.7. The topological polar surface area (TPSA) is 3.24 Å². The van der Waals surface area contributed by atoms with Crippen molar-refractivity contribution in [3.05, 3.63) is 212 Å². The molecule has 0 aliphatic heterocycles. The maximum atomic E-state index is 2.38. The fourth-order valence-electron chi connectivity index (χ4n) is 8.50. The summed E-state index contributed by atoms with van der Waals surface area (Å²) in [5, 5.41) is 10.2. The minimum atomic E-state index is 1.11. The lowest BCUT2D eigenvalue weighted by Crippen LogP contribution is -2.09. The molecule has 0 fully saturated rings. The number of hydrogen-bond acceptors (Lipinski definition) is 2. The minimum Gasteiger partial charge on any atom is -0.310 e. The Morgan fingerprint density at radius 2 is 0.839 bits per heavy atom. The summed E-state index contributed by atoms with van der Waals surface area (Å²) >= 11 is 1.88. The van der Waals surface area contributed by atoms with Crippen LogP contribution in [0.4, 0.5) is 17.1 Å². The van der Waals surface area contributed by atoms with Crippen LogP contribution in [-0.2, 0) is 0 Å². The molecule has 0 unspecified atom stereocenters. The quantitative estimate of drug-likeness (QED) is 0.154. The van der Waals surface area contributed by atoms with Gasteiger partial charge in [-0.15, -0.1) is 11.3 Å². The third-order valence-corrected chi connectivity index (χ3v) is 12.5. The third kappa shape index (κ3) is 5.54. The van der Waals surface area contributed by atoms with Crippen LogP contribution in [0, 0.1) is 0 Å². The van der Waals surface area contributed by atoms with E-state index in [1.54, 1.807) is 0 Å². The molecule has 0 radical (unpaired) electrons. The predicted molar refractivity (Wildman–Crippen MR) is 243 cm³/mol. The Morgan fingerprint density at radius 3 is 1.66 bits per heavy atom. The number of anilines is 3. The highest BCUT2D eigenvalue weighted by Crippen LogP contribution is 2.42. The highest BCUT2D eigenvalue weighted by Gasteiger charge is 2.16. The molecule has 0 aliphatic carbocycles. The van der Waals surface area contributed by atoms with Crippen molar-refractivity contribution >= 4 is 80.9 Å². The van der Waals surface area contributed by atoms with Crippen molar-refractivity contribution in [3.63, 3.8) is 0 Å². The van der Waals surface area contributed by atoms with Crippen molar-refractivity contribution in [1.82, 2.24) is 0 Å². The van der Waals surface area contributed by atoms with Gasteiger partial charge in [0.1, 0.15) is 0 Å². The molecule has 0 aliphatic rings. The molecule has 1 nitrogen and oxygen atoms in total. The van der Waals surface area contributed by atoms with E-state index in [2.05, 4.69) is 217 Å². The van der Waals surface area contributed by atoms with Gasteiger partial charge >= 0.3 is 0 Å². The molecule has 11 aromatic rings. The van der Waals surface area contributed by atoms with Gasteiger partial charge in [-0.3, -0.25) is 0 Å². The molecule has 10 aromatic carbocycles. The molecule has 0 atom stereocenters. The second-order valence-electron chi connectivity index (χ2n) is 14.5. The molecule has 11 rings (SSSR count). The Bertz CT molecular complexity index is 3240. The molecular formula is C54H35NS. The first kappa shape index (κ1) is 32.4. The maximum Gasteiger partial charge on any atom is 0.0468 e. The molecule has 0 spiro atoms. The van der Waals surface area contributed by atoms with Crippen molar-refractivity contribution in [2.45, 2.75) is 0 Å². The lowest BCUT2D eigenvalue weighted by molar-refractivity contribution is 1.29. The van der Waals surface area contributed by atoms with E-state index >= 15 is 0 Å². The van der Waals surface area contributed by atoms with Crippen LogP contribution in [0.15, 0.2) is 212 Å². The van der Waals surface area contributed by atoms with Crippen molar-refractivity contribution in [2.75, 3.05) is 4.90 Å². The molecule has 0 N–H and O–H groups in total. The average Bonchev–Trinajstić information content (AvgIpc) is 3.66. The molecule has 1 aromatic heterocycles. The third-order valence-electron chi connectivity index (χ3n) is 11.2. The van der Waals surface area contributed by atoms with Gasteiger partial charge in [-0.2, -0.15) is 0 Å². The molecule has 0 bridgehead atoms. The molecule has 0 amide bonds. The lowest BCUT2D eigenvalue weighted by Gasteiger charge is -2.26. The summed E-state index contributed by atoms with van der Waals surface area (Å²) in [6.45, 7) is 0. The van der Waals surface area contributed by atoms with Crippen molar-refractivity contribution in [1.29, 1.82) is 0 Å². The smallest absolute Gasteiger partial charge is 0.0468 e. The first-order valence-electron chi connectivity index (χ1n) is 19.2. The normalized spacial score (nSPS) is 11.6. The summed E-state index contributed by atoms with van der Waals surface area (Å²) in [7, 11) is 0. The Balaban J connectivity index is 1.00. The Hall–Kier alpha value is -7.00. The van der Waals surface area contributed by atoms with E-state index < -0.39 is 0 Å². The summed E-state index contributed by atoms with van der Waals surface area (Å²) in [6.07, 6.45) is 0. The summed E-state index contributed by atoms with van der Waals surface area (Å²) in [6, 6.07) is 77.7. The van der Waals surface area contributed by atoms with Crippen LogP contribution in [0.5, 0.6) is 0 Å². The van der Waals surface area contributed by atoms with E-state index in [0.29, 0.717) is 0 Å². The summed E-state index contributed by atoms with van der Waals surface area (Å²) < 4.78 is 2.66. The number of hydrogen-bond donors (Lipinski definition) is 0. The van der Waals surface area contributed by atoms with Crippen LogP contribution in [-0.4, -0.2) is 0 Å². The second-order valence-corrected chi connectivity index (χ2v) is 15.6. The van der Waals surface area contributed by atoms with Crippen LogP contribution >= 0.6 is 11.3 Å². The van der Waals surface area contributed by atoms with Gasteiger partial charge in [-0.1, -0.05) is 164 Å². The molecule has 2 heteroatoms. The zero-order chi connectivity index (χ0) is 37.0. The summed E-state index contributed by atoms with van der Waals surface area (Å²) in [4.78, 5) is 2.38. The highest BCUT2D eigenvalue weighted by atomic mass is 32.1. The number of fused-ring (bicyclic) bond motifs is 7. The van der Waals surface area contributed by atoms with Gasteiger partial charge in [0.05, 0.1) is 0 Å². The van der Waals surface area contributed by atoms with Crippen LogP contribution in [0.3, 0.4) is 0 Å². The average molecular weight is 730 g/mol. The molecule has 0 saturated heterocycles. The van der Waals surface area contributed by atoms with E-state index in [9.17, 15) is 0 Å².